The minimum atomic E-state index is 0.214. The van der Waals surface area contributed by atoms with Gasteiger partial charge in [0.2, 0.25) is 5.91 Å². The van der Waals surface area contributed by atoms with Crippen molar-refractivity contribution >= 4 is 12.0 Å². The highest BCUT2D eigenvalue weighted by Gasteiger charge is 2.42. The second-order valence-electron chi connectivity index (χ2n) is 8.76. The molecule has 2 bridgehead atoms. The van der Waals surface area contributed by atoms with E-state index >= 15 is 0 Å². The van der Waals surface area contributed by atoms with Gasteiger partial charge in [-0.05, 0) is 56.6 Å². The molecule has 154 valence electrons. The SMILES string of the molecule is C/C=C/c1cnc(-c2cccnc2)nc1C1CCN(C(=O)[C@H]2C[C@@H]3C=C[C@H]2C3)CC1. The number of hydrogen-bond acceptors (Lipinski definition) is 4. The van der Waals surface area contributed by atoms with E-state index in [9.17, 15) is 4.79 Å². The quantitative estimate of drug-likeness (QED) is 0.710. The zero-order chi connectivity index (χ0) is 20.5. The summed E-state index contributed by atoms with van der Waals surface area (Å²) in [6.07, 6.45) is 18.3. The fourth-order valence-electron chi connectivity index (χ4n) is 5.35. The molecule has 0 aromatic carbocycles. The van der Waals surface area contributed by atoms with Crippen molar-refractivity contribution in [2.75, 3.05) is 13.1 Å². The molecular formula is C25H28N4O. The van der Waals surface area contributed by atoms with Gasteiger partial charge in [0.15, 0.2) is 5.82 Å². The van der Waals surface area contributed by atoms with Crippen LogP contribution in [0, 0.1) is 17.8 Å². The van der Waals surface area contributed by atoms with Gasteiger partial charge in [-0.3, -0.25) is 9.78 Å². The van der Waals surface area contributed by atoms with Crippen LogP contribution < -0.4 is 0 Å². The van der Waals surface area contributed by atoms with Gasteiger partial charge in [0.1, 0.15) is 0 Å². The molecule has 5 rings (SSSR count). The number of nitrogens with zero attached hydrogens (tertiary/aromatic N) is 4. The standard InChI is InChI=1S/C25H28N4O/c1-2-4-20-16-27-24(21-5-3-10-26-15-21)28-23(20)18-8-11-29(12-9-18)25(30)22-14-17-6-7-19(22)13-17/h2-7,10,15-19,22H,8-9,11-14H2,1H3/b4-2+/t17-,19+,22+/m1/s1. The second kappa shape index (κ2) is 8.13. The molecule has 3 atom stereocenters. The smallest absolute Gasteiger partial charge is 0.226 e. The first-order valence-corrected chi connectivity index (χ1v) is 11.1. The Morgan fingerprint density at radius 2 is 2.03 bits per heavy atom. The lowest BCUT2D eigenvalue weighted by Crippen LogP contribution is -2.42. The highest BCUT2D eigenvalue weighted by molar-refractivity contribution is 5.80. The molecule has 1 amide bonds. The van der Waals surface area contributed by atoms with Crippen molar-refractivity contribution in [1.82, 2.24) is 19.9 Å². The molecule has 0 N–H and O–H groups in total. The molecule has 0 radical (unpaired) electrons. The summed E-state index contributed by atoms with van der Waals surface area (Å²) in [6.45, 7) is 3.66. The Bertz CT molecular complexity index is 976. The normalized spacial score (nSPS) is 26.0. The third kappa shape index (κ3) is 3.57. The van der Waals surface area contributed by atoms with Crippen LogP contribution in [0.1, 0.15) is 49.8 Å². The number of piperidine rings is 1. The lowest BCUT2D eigenvalue weighted by atomic mass is 9.88. The first-order valence-electron chi connectivity index (χ1n) is 11.1. The van der Waals surface area contributed by atoms with E-state index in [-0.39, 0.29) is 5.92 Å². The summed E-state index contributed by atoms with van der Waals surface area (Å²) in [6, 6.07) is 3.90. The third-order valence-electron chi connectivity index (χ3n) is 6.90. The number of hydrogen-bond donors (Lipinski definition) is 0. The summed E-state index contributed by atoms with van der Waals surface area (Å²) >= 11 is 0. The van der Waals surface area contributed by atoms with Gasteiger partial charge >= 0.3 is 0 Å². The van der Waals surface area contributed by atoms with Gasteiger partial charge in [0, 0.05) is 54.6 Å². The maximum atomic E-state index is 13.1. The van der Waals surface area contributed by atoms with Crippen LogP contribution in [-0.4, -0.2) is 38.8 Å². The first-order chi connectivity index (χ1) is 14.7. The number of amides is 1. The Morgan fingerprint density at radius 3 is 2.70 bits per heavy atom. The molecule has 1 saturated carbocycles. The van der Waals surface area contributed by atoms with E-state index in [2.05, 4.69) is 33.1 Å². The highest BCUT2D eigenvalue weighted by Crippen LogP contribution is 2.44. The second-order valence-corrected chi connectivity index (χ2v) is 8.76. The lowest BCUT2D eigenvalue weighted by molar-refractivity contribution is -0.137. The minimum Gasteiger partial charge on any atom is -0.342 e. The maximum absolute atomic E-state index is 13.1. The molecular weight excluding hydrogens is 372 g/mol. The van der Waals surface area contributed by atoms with Crippen LogP contribution in [-0.2, 0) is 4.79 Å². The molecule has 0 spiro atoms. The topological polar surface area (TPSA) is 59.0 Å². The number of allylic oxidation sites excluding steroid dienone is 3. The minimum absolute atomic E-state index is 0.214. The molecule has 2 fully saturated rings. The van der Waals surface area contributed by atoms with Gasteiger partial charge < -0.3 is 4.90 Å². The number of aromatic nitrogens is 3. The zero-order valence-corrected chi connectivity index (χ0v) is 17.4. The van der Waals surface area contributed by atoms with E-state index in [1.165, 1.54) is 6.42 Å². The maximum Gasteiger partial charge on any atom is 0.226 e. The number of carbonyl (C=O) groups is 1. The number of likely N-dealkylation sites (tertiary alicyclic amines) is 1. The Morgan fingerprint density at radius 1 is 1.17 bits per heavy atom. The predicted molar refractivity (Wildman–Crippen MR) is 117 cm³/mol. The number of pyridine rings is 1. The molecule has 3 heterocycles. The van der Waals surface area contributed by atoms with Crippen LogP contribution in [0.3, 0.4) is 0 Å². The van der Waals surface area contributed by atoms with Crippen LogP contribution in [0.4, 0.5) is 0 Å². The third-order valence-corrected chi connectivity index (χ3v) is 6.90. The van der Waals surface area contributed by atoms with Crippen molar-refractivity contribution in [3.8, 4) is 11.4 Å². The Balaban J connectivity index is 1.32. The van der Waals surface area contributed by atoms with Gasteiger partial charge in [-0.25, -0.2) is 9.97 Å². The van der Waals surface area contributed by atoms with Crippen molar-refractivity contribution in [2.24, 2.45) is 17.8 Å². The largest absolute Gasteiger partial charge is 0.342 e. The molecule has 5 heteroatoms. The summed E-state index contributed by atoms with van der Waals surface area (Å²) in [4.78, 5) is 28.9. The van der Waals surface area contributed by atoms with Crippen molar-refractivity contribution in [3.05, 3.63) is 60.2 Å². The van der Waals surface area contributed by atoms with Crippen LogP contribution >= 0.6 is 0 Å². The zero-order valence-electron chi connectivity index (χ0n) is 17.4. The van der Waals surface area contributed by atoms with Crippen molar-refractivity contribution in [2.45, 2.75) is 38.5 Å². The number of fused-ring (bicyclic) bond motifs is 2. The summed E-state index contributed by atoms with van der Waals surface area (Å²) in [5, 5.41) is 0. The van der Waals surface area contributed by atoms with E-state index in [1.54, 1.807) is 12.4 Å². The van der Waals surface area contributed by atoms with Crippen molar-refractivity contribution in [1.29, 1.82) is 0 Å². The summed E-state index contributed by atoms with van der Waals surface area (Å²) in [5.74, 6) is 2.77. The fourth-order valence-corrected chi connectivity index (χ4v) is 5.35. The van der Waals surface area contributed by atoms with E-state index in [0.29, 0.717) is 23.7 Å². The van der Waals surface area contributed by atoms with Crippen LogP contribution in [0.5, 0.6) is 0 Å². The Kier molecular flexibility index (Phi) is 5.19. The molecule has 1 saturated heterocycles. The molecule has 5 nitrogen and oxygen atoms in total. The Hall–Kier alpha value is -2.82. The molecule has 0 unspecified atom stereocenters. The van der Waals surface area contributed by atoms with Gasteiger partial charge in [0.25, 0.3) is 0 Å². The lowest BCUT2D eigenvalue weighted by Gasteiger charge is -2.35. The molecule has 2 aromatic rings. The fraction of sp³-hybridized carbons (Fsp3) is 0.440. The van der Waals surface area contributed by atoms with Crippen LogP contribution in [0.2, 0.25) is 0 Å². The summed E-state index contributed by atoms with van der Waals surface area (Å²) in [5.41, 5.74) is 3.10. The van der Waals surface area contributed by atoms with Gasteiger partial charge in [-0.15, -0.1) is 0 Å². The van der Waals surface area contributed by atoms with E-state index in [4.69, 9.17) is 4.98 Å². The van der Waals surface area contributed by atoms with Gasteiger partial charge in [0.05, 0.1) is 5.69 Å². The average Bonchev–Trinajstić information content (AvgIpc) is 3.44. The molecule has 3 aliphatic rings. The number of rotatable bonds is 4. The number of carbonyl (C=O) groups excluding carboxylic acids is 1. The Labute approximate surface area is 178 Å². The predicted octanol–water partition coefficient (Wildman–Crippen LogP) is 4.49. The van der Waals surface area contributed by atoms with Gasteiger partial charge in [-0.2, -0.15) is 0 Å². The summed E-state index contributed by atoms with van der Waals surface area (Å²) in [7, 11) is 0. The average molecular weight is 401 g/mol. The van der Waals surface area contributed by atoms with Crippen molar-refractivity contribution in [3.63, 3.8) is 0 Å². The highest BCUT2D eigenvalue weighted by atomic mass is 16.2. The van der Waals surface area contributed by atoms with E-state index in [1.807, 2.05) is 31.3 Å². The molecule has 1 aliphatic heterocycles. The molecule has 30 heavy (non-hydrogen) atoms. The van der Waals surface area contributed by atoms with E-state index < -0.39 is 0 Å². The van der Waals surface area contributed by atoms with Crippen LogP contribution in [0.25, 0.3) is 17.5 Å². The molecule has 2 aliphatic carbocycles. The molecule has 2 aromatic heterocycles. The first kappa shape index (κ1) is 19.2. The van der Waals surface area contributed by atoms with Crippen molar-refractivity contribution < 1.29 is 4.79 Å². The van der Waals surface area contributed by atoms with E-state index in [0.717, 1.165) is 55.0 Å². The monoisotopic (exact) mass is 400 g/mol. The van der Waals surface area contributed by atoms with Crippen LogP contribution in [0.15, 0.2) is 49.0 Å². The van der Waals surface area contributed by atoms with Gasteiger partial charge in [-0.1, -0.05) is 24.3 Å². The summed E-state index contributed by atoms with van der Waals surface area (Å²) < 4.78 is 0.